The molecule has 1 atom stereocenters. The topological polar surface area (TPSA) is 83.8 Å². The van der Waals surface area contributed by atoms with Crippen molar-refractivity contribution in [1.29, 1.82) is 0 Å². The van der Waals surface area contributed by atoms with Gasteiger partial charge in [0.05, 0.1) is 12.7 Å². The summed E-state index contributed by atoms with van der Waals surface area (Å²) in [4.78, 5) is 0. The molecule has 0 aliphatic carbocycles. The fourth-order valence-electron chi connectivity index (χ4n) is 0.862. The molecule has 0 amide bonds. The summed E-state index contributed by atoms with van der Waals surface area (Å²) in [5.74, 6) is -3.77. The van der Waals surface area contributed by atoms with E-state index in [0.29, 0.717) is 13.8 Å². The molecule has 0 aliphatic rings. The SMILES string of the molecule is CC(C)(C(F)(F)CC(O)COI)S(=O)(=O)O. The van der Waals surface area contributed by atoms with Crippen LogP contribution in [0.3, 0.4) is 0 Å². The third-order valence-electron chi connectivity index (χ3n) is 2.27. The molecule has 0 saturated heterocycles. The van der Waals surface area contributed by atoms with E-state index in [9.17, 15) is 17.2 Å². The van der Waals surface area contributed by atoms with Crippen LogP contribution < -0.4 is 0 Å². The molecule has 5 nitrogen and oxygen atoms in total. The van der Waals surface area contributed by atoms with Crippen molar-refractivity contribution in [3.8, 4) is 0 Å². The highest BCUT2D eigenvalue weighted by molar-refractivity contribution is 14.1. The van der Waals surface area contributed by atoms with Crippen LogP contribution in [0.15, 0.2) is 0 Å². The van der Waals surface area contributed by atoms with Crippen LogP contribution in [0.25, 0.3) is 0 Å². The van der Waals surface area contributed by atoms with Gasteiger partial charge in [0.25, 0.3) is 16.0 Å². The molecule has 0 rings (SSSR count). The molecule has 16 heavy (non-hydrogen) atoms. The van der Waals surface area contributed by atoms with Crippen molar-refractivity contribution in [2.24, 2.45) is 0 Å². The van der Waals surface area contributed by atoms with Crippen LogP contribution in [0, 0.1) is 0 Å². The Hall–Kier alpha value is 0.420. The minimum atomic E-state index is -4.92. The monoisotopic (exact) mass is 374 g/mol. The van der Waals surface area contributed by atoms with Gasteiger partial charge in [0.2, 0.25) is 0 Å². The summed E-state index contributed by atoms with van der Waals surface area (Å²) in [6.07, 6.45) is -2.61. The minimum absolute atomic E-state index is 0.349. The predicted molar refractivity (Wildman–Crippen MR) is 61.2 cm³/mol. The average molecular weight is 374 g/mol. The second-order valence-corrected chi connectivity index (χ2v) is 6.42. The number of alkyl halides is 2. The van der Waals surface area contributed by atoms with Gasteiger partial charge in [-0.05, 0) is 13.8 Å². The van der Waals surface area contributed by atoms with Crippen molar-refractivity contribution in [2.75, 3.05) is 6.61 Å². The van der Waals surface area contributed by atoms with Crippen LogP contribution in [-0.4, -0.2) is 41.5 Å². The molecule has 0 radical (unpaired) electrons. The fourth-order valence-corrected chi connectivity index (χ4v) is 1.74. The maximum atomic E-state index is 13.5. The van der Waals surface area contributed by atoms with Crippen molar-refractivity contribution in [2.45, 2.75) is 37.0 Å². The summed E-state index contributed by atoms with van der Waals surface area (Å²) in [7, 11) is -4.92. The van der Waals surface area contributed by atoms with Crippen molar-refractivity contribution >= 4 is 33.1 Å². The van der Waals surface area contributed by atoms with E-state index in [4.69, 9.17) is 9.66 Å². The Labute approximate surface area is 107 Å². The predicted octanol–water partition coefficient (Wildman–Crippen LogP) is 1.41. The quantitative estimate of drug-likeness (QED) is 0.543. The Morgan fingerprint density at radius 1 is 1.44 bits per heavy atom. The molecule has 0 aromatic rings. The molecule has 0 heterocycles. The van der Waals surface area contributed by atoms with Gasteiger partial charge in [-0.15, -0.1) is 0 Å². The lowest BCUT2D eigenvalue weighted by Gasteiger charge is -2.32. The first-order valence-electron chi connectivity index (χ1n) is 4.22. The lowest BCUT2D eigenvalue weighted by Crippen LogP contribution is -2.51. The number of aliphatic hydroxyl groups excluding tert-OH is 1. The molecule has 0 aromatic heterocycles. The Morgan fingerprint density at radius 3 is 2.19 bits per heavy atom. The van der Waals surface area contributed by atoms with Crippen molar-refractivity contribution in [3.63, 3.8) is 0 Å². The number of hydrogen-bond acceptors (Lipinski definition) is 4. The molecule has 98 valence electrons. The summed E-state index contributed by atoms with van der Waals surface area (Å²) in [6, 6.07) is 0. The van der Waals surface area contributed by atoms with Crippen molar-refractivity contribution in [3.05, 3.63) is 0 Å². The zero-order valence-corrected chi connectivity index (χ0v) is 11.6. The number of halogens is 3. The van der Waals surface area contributed by atoms with Gasteiger partial charge >= 0.3 is 0 Å². The van der Waals surface area contributed by atoms with Crippen LogP contribution in [-0.2, 0) is 13.2 Å². The third kappa shape index (κ3) is 3.72. The molecule has 0 saturated carbocycles. The summed E-state index contributed by atoms with van der Waals surface area (Å²) >= 11 is 1.42. The molecule has 9 heteroatoms. The first-order valence-corrected chi connectivity index (χ1v) is 6.54. The Balaban J connectivity index is 4.92. The molecular weight excluding hydrogens is 361 g/mol. The highest BCUT2D eigenvalue weighted by Gasteiger charge is 2.55. The number of hydrogen-bond donors (Lipinski definition) is 2. The molecule has 0 bridgehead atoms. The lowest BCUT2D eigenvalue weighted by atomic mass is 9.99. The minimum Gasteiger partial charge on any atom is -0.390 e. The van der Waals surface area contributed by atoms with Gasteiger partial charge in [0.15, 0.2) is 4.75 Å². The van der Waals surface area contributed by atoms with Crippen molar-refractivity contribution < 1.29 is 29.9 Å². The second kappa shape index (κ2) is 5.38. The maximum Gasteiger partial charge on any atom is 0.276 e. The van der Waals surface area contributed by atoms with Gasteiger partial charge in [-0.25, -0.2) is 8.78 Å². The molecular formula is C7H13F2IO5S. The van der Waals surface area contributed by atoms with Crippen molar-refractivity contribution in [1.82, 2.24) is 0 Å². The molecule has 0 aliphatic heterocycles. The van der Waals surface area contributed by atoms with Crippen LogP contribution in [0.4, 0.5) is 8.78 Å². The molecule has 2 N–H and O–H groups in total. The largest absolute Gasteiger partial charge is 0.390 e. The summed E-state index contributed by atoms with van der Waals surface area (Å²) < 4.78 is 59.1. The maximum absolute atomic E-state index is 13.5. The second-order valence-electron chi connectivity index (χ2n) is 3.82. The normalized spacial score (nSPS) is 16.2. The summed E-state index contributed by atoms with van der Waals surface area (Å²) in [5, 5.41) is 9.13. The molecule has 0 aromatic carbocycles. The van der Waals surface area contributed by atoms with E-state index in [2.05, 4.69) is 3.07 Å². The van der Waals surface area contributed by atoms with Gasteiger partial charge < -0.3 is 8.17 Å². The van der Waals surface area contributed by atoms with Gasteiger partial charge in [0, 0.05) is 6.42 Å². The number of rotatable bonds is 6. The van der Waals surface area contributed by atoms with Gasteiger partial charge in [-0.2, -0.15) is 8.42 Å². The van der Waals surface area contributed by atoms with Crippen LogP contribution in [0.2, 0.25) is 0 Å². The Morgan fingerprint density at radius 2 is 1.88 bits per heavy atom. The van der Waals surface area contributed by atoms with E-state index in [0.717, 1.165) is 0 Å². The van der Waals surface area contributed by atoms with E-state index in [-0.39, 0.29) is 6.61 Å². The van der Waals surface area contributed by atoms with Crippen LogP contribution in [0.5, 0.6) is 0 Å². The Bertz CT molecular complexity index is 330. The summed E-state index contributed by atoms with van der Waals surface area (Å²) in [5.41, 5.74) is 0. The van der Waals surface area contributed by atoms with E-state index >= 15 is 0 Å². The molecule has 0 spiro atoms. The first-order chi connectivity index (χ1) is 6.95. The van der Waals surface area contributed by atoms with Gasteiger partial charge in [0.1, 0.15) is 23.0 Å². The summed E-state index contributed by atoms with van der Waals surface area (Å²) in [6.45, 7) is 1.04. The zero-order chi connectivity index (χ0) is 13.2. The van der Waals surface area contributed by atoms with Crippen LogP contribution >= 0.6 is 23.0 Å². The third-order valence-corrected chi connectivity index (χ3v) is 4.22. The van der Waals surface area contributed by atoms with Crippen LogP contribution in [0.1, 0.15) is 20.3 Å². The lowest BCUT2D eigenvalue weighted by molar-refractivity contribution is -0.0757. The van der Waals surface area contributed by atoms with E-state index in [1.807, 2.05) is 0 Å². The smallest absolute Gasteiger partial charge is 0.276 e. The molecule has 0 fully saturated rings. The number of aliphatic hydroxyl groups is 1. The van der Waals surface area contributed by atoms with E-state index < -0.39 is 33.3 Å². The average Bonchev–Trinajstić information content (AvgIpc) is 2.00. The van der Waals surface area contributed by atoms with E-state index in [1.54, 1.807) is 0 Å². The highest BCUT2D eigenvalue weighted by atomic mass is 127. The Kier molecular flexibility index (Phi) is 5.52. The standard InChI is InChI=1S/C7H13F2IO5S/c1-6(2,16(12,13)14)7(8,9)3-5(11)4-15-10/h5,11H,3-4H2,1-2H3,(H,12,13,14). The zero-order valence-electron chi connectivity index (χ0n) is 8.65. The van der Waals surface area contributed by atoms with Gasteiger partial charge in [-0.1, -0.05) is 0 Å². The fraction of sp³-hybridized carbons (Fsp3) is 1.00. The molecule has 1 unspecified atom stereocenters. The van der Waals surface area contributed by atoms with Gasteiger partial charge in [-0.3, -0.25) is 4.55 Å². The highest BCUT2D eigenvalue weighted by Crippen LogP contribution is 2.38. The first kappa shape index (κ1) is 16.4. The van der Waals surface area contributed by atoms with E-state index in [1.165, 1.54) is 23.0 Å².